The van der Waals surface area contributed by atoms with Crippen molar-refractivity contribution in [3.63, 3.8) is 0 Å². The maximum Gasteiger partial charge on any atom is 0.227 e. The van der Waals surface area contributed by atoms with Crippen LogP contribution in [0.3, 0.4) is 0 Å². The van der Waals surface area contributed by atoms with Gasteiger partial charge in [-0.2, -0.15) is 0 Å². The first-order valence-corrected chi connectivity index (χ1v) is 5.14. The zero-order chi connectivity index (χ0) is 11.1. The van der Waals surface area contributed by atoms with E-state index in [0.29, 0.717) is 11.5 Å². The van der Waals surface area contributed by atoms with Crippen LogP contribution in [0.1, 0.15) is 12.0 Å². The van der Waals surface area contributed by atoms with Crippen LogP contribution in [0.2, 0.25) is 0 Å². The topological polar surface area (TPSA) is 41.1 Å². The second-order valence-electron chi connectivity index (χ2n) is 3.11. The van der Waals surface area contributed by atoms with Crippen molar-refractivity contribution in [3.8, 4) is 0 Å². The Morgan fingerprint density at radius 1 is 1.33 bits per heavy atom. The number of hydrogen-bond acceptors (Lipinski definition) is 2. The summed E-state index contributed by atoms with van der Waals surface area (Å²) in [6, 6.07) is 9.77. The van der Waals surface area contributed by atoms with E-state index in [-0.39, 0.29) is 12.3 Å². The lowest BCUT2D eigenvalue weighted by atomic mass is 10.2. The fourth-order valence-electron chi connectivity index (χ4n) is 1.09. The van der Waals surface area contributed by atoms with Crippen LogP contribution in [0.5, 0.6) is 0 Å². The van der Waals surface area contributed by atoms with Crippen molar-refractivity contribution in [2.24, 2.45) is 0 Å². The summed E-state index contributed by atoms with van der Waals surface area (Å²) in [5, 5.41) is 5.56. The van der Waals surface area contributed by atoms with Crippen LogP contribution in [-0.4, -0.2) is 17.9 Å². The highest BCUT2D eigenvalue weighted by molar-refractivity contribution is 7.80. The molecule has 0 aliphatic carbocycles. The van der Waals surface area contributed by atoms with Gasteiger partial charge in [-0.3, -0.25) is 4.79 Å². The van der Waals surface area contributed by atoms with Crippen LogP contribution in [0, 0.1) is 0 Å². The Hall–Kier alpha value is -1.42. The molecular weight excluding hydrogens is 208 g/mol. The highest BCUT2D eigenvalue weighted by Crippen LogP contribution is 1.97. The van der Waals surface area contributed by atoms with Crippen molar-refractivity contribution in [3.05, 3.63) is 35.9 Å². The minimum Gasteiger partial charge on any atom is -0.382 e. The molecule has 0 spiro atoms. The van der Waals surface area contributed by atoms with E-state index in [1.807, 2.05) is 30.3 Å². The molecule has 0 heterocycles. The largest absolute Gasteiger partial charge is 0.382 e. The van der Waals surface area contributed by atoms with Gasteiger partial charge < -0.3 is 10.6 Å². The lowest BCUT2D eigenvalue weighted by molar-refractivity contribution is -0.120. The molecule has 2 N–H and O–H groups in total. The lowest BCUT2D eigenvalue weighted by Gasteiger charge is -2.05. The van der Waals surface area contributed by atoms with Gasteiger partial charge in [0.15, 0.2) is 0 Å². The molecule has 1 aromatic rings. The summed E-state index contributed by atoms with van der Waals surface area (Å²) in [6.07, 6.45) is 0.249. The molecule has 0 saturated carbocycles. The number of rotatable bonds is 4. The SMILES string of the molecule is CNC(=S)CC(=O)NCc1ccccc1. The third-order valence-electron chi connectivity index (χ3n) is 1.93. The molecule has 0 atom stereocenters. The summed E-state index contributed by atoms with van der Waals surface area (Å²) >= 11 is 4.89. The molecule has 0 aliphatic rings. The Morgan fingerprint density at radius 3 is 2.60 bits per heavy atom. The van der Waals surface area contributed by atoms with Gasteiger partial charge in [-0.25, -0.2) is 0 Å². The Kier molecular flexibility index (Phi) is 4.77. The third-order valence-corrected chi connectivity index (χ3v) is 2.28. The number of carbonyl (C=O) groups is 1. The zero-order valence-corrected chi connectivity index (χ0v) is 9.43. The Bertz CT molecular complexity index is 338. The summed E-state index contributed by atoms with van der Waals surface area (Å²) in [7, 11) is 1.72. The molecule has 80 valence electrons. The van der Waals surface area contributed by atoms with Gasteiger partial charge in [0.2, 0.25) is 5.91 Å². The molecule has 1 amide bonds. The van der Waals surface area contributed by atoms with Gasteiger partial charge in [0.05, 0.1) is 11.4 Å². The van der Waals surface area contributed by atoms with E-state index in [1.54, 1.807) is 7.05 Å². The molecule has 0 bridgehead atoms. The molecule has 4 heteroatoms. The molecule has 0 fully saturated rings. The molecule has 0 aliphatic heterocycles. The van der Waals surface area contributed by atoms with E-state index in [2.05, 4.69) is 10.6 Å². The minimum absolute atomic E-state index is 0.0572. The fraction of sp³-hybridized carbons (Fsp3) is 0.273. The first-order valence-electron chi connectivity index (χ1n) is 4.73. The molecular formula is C11H14N2OS. The Morgan fingerprint density at radius 2 is 2.00 bits per heavy atom. The predicted molar refractivity (Wildman–Crippen MR) is 64.6 cm³/mol. The van der Waals surface area contributed by atoms with Gasteiger partial charge in [0.1, 0.15) is 0 Å². The number of carbonyl (C=O) groups excluding carboxylic acids is 1. The smallest absolute Gasteiger partial charge is 0.227 e. The predicted octanol–water partition coefficient (Wildman–Crippen LogP) is 1.24. The maximum absolute atomic E-state index is 11.3. The molecule has 1 rings (SSSR count). The lowest BCUT2D eigenvalue weighted by Crippen LogP contribution is -2.28. The first-order chi connectivity index (χ1) is 7.22. The van der Waals surface area contributed by atoms with Crippen LogP contribution in [0.25, 0.3) is 0 Å². The summed E-state index contributed by atoms with van der Waals surface area (Å²) in [6.45, 7) is 0.548. The number of benzene rings is 1. The number of thiocarbonyl (C=S) groups is 1. The van der Waals surface area contributed by atoms with Gasteiger partial charge in [-0.15, -0.1) is 0 Å². The van der Waals surface area contributed by atoms with Crippen molar-refractivity contribution >= 4 is 23.1 Å². The second kappa shape index (κ2) is 6.14. The first kappa shape index (κ1) is 11.7. The van der Waals surface area contributed by atoms with E-state index in [4.69, 9.17) is 12.2 Å². The minimum atomic E-state index is -0.0572. The summed E-state index contributed by atoms with van der Waals surface area (Å²) in [4.78, 5) is 11.9. The maximum atomic E-state index is 11.3. The van der Waals surface area contributed by atoms with Crippen LogP contribution in [0.4, 0.5) is 0 Å². The molecule has 0 radical (unpaired) electrons. The van der Waals surface area contributed by atoms with Crippen LogP contribution in [0.15, 0.2) is 30.3 Å². The van der Waals surface area contributed by atoms with Gasteiger partial charge in [0.25, 0.3) is 0 Å². The third kappa shape index (κ3) is 4.56. The van der Waals surface area contributed by atoms with Crippen molar-refractivity contribution in [2.45, 2.75) is 13.0 Å². The van der Waals surface area contributed by atoms with Crippen molar-refractivity contribution in [2.75, 3.05) is 7.05 Å². The van der Waals surface area contributed by atoms with Gasteiger partial charge in [-0.1, -0.05) is 42.5 Å². The monoisotopic (exact) mass is 222 g/mol. The van der Waals surface area contributed by atoms with E-state index < -0.39 is 0 Å². The molecule has 0 unspecified atom stereocenters. The zero-order valence-electron chi connectivity index (χ0n) is 8.62. The van der Waals surface area contributed by atoms with E-state index in [9.17, 15) is 4.79 Å². The van der Waals surface area contributed by atoms with Crippen LogP contribution >= 0.6 is 12.2 Å². The molecule has 3 nitrogen and oxygen atoms in total. The molecule has 0 aromatic heterocycles. The average molecular weight is 222 g/mol. The van der Waals surface area contributed by atoms with Crippen LogP contribution in [-0.2, 0) is 11.3 Å². The van der Waals surface area contributed by atoms with E-state index in [0.717, 1.165) is 5.56 Å². The van der Waals surface area contributed by atoms with Crippen molar-refractivity contribution in [1.29, 1.82) is 0 Å². The van der Waals surface area contributed by atoms with E-state index >= 15 is 0 Å². The fourth-order valence-corrected chi connectivity index (χ4v) is 1.22. The molecule has 15 heavy (non-hydrogen) atoms. The number of nitrogens with one attached hydrogen (secondary N) is 2. The highest BCUT2D eigenvalue weighted by atomic mass is 32.1. The Balaban J connectivity index is 2.32. The summed E-state index contributed by atoms with van der Waals surface area (Å²) < 4.78 is 0. The van der Waals surface area contributed by atoms with Crippen LogP contribution < -0.4 is 10.6 Å². The Labute approximate surface area is 94.9 Å². The number of amides is 1. The van der Waals surface area contributed by atoms with E-state index in [1.165, 1.54) is 0 Å². The number of hydrogen-bond donors (Lipinski definition) is 2. The molecule has 0 saturated heterocycles. The average Bonchev–Trinajstić information content (AvgIpc) is 2.27. The summed E-state index contributed by atoms with van der Waals surface area (Å²) in [5.41, 5.74) is 1.08. The van der Waals surface area contributed by atoms with Crippen molar-refractivity contribution in [1.82, 2.24) is 10.6 Å². The van der Waals surface area contributed by atoms with Gasteiger partial charge in [0, 0.05) is 13.6 Å². The summed E-state index contributed by atoms with van der Waals surface area (Å²) in [5.74, 6) is -0.0572. The standard InChI is InChI=1S/C11H14N2OS/c1-12-11(15)7-10(14)13-8-9-5-3-2-4-6-9/h2-6H,7-8H2,1H3,(H,12,15)(H,13,14). The quantitative estimate of drug-likeness (QED) is 0.753. The molecule has 1 aromatic carbocycles. The normalized spacial score (nSPS) is 9.40. The second-order valence-corrected chi connectivity index (χ2v) is 3.61. The van der Waals surface area contributed by atoms with Gasteiger partial charge in [-0.05, 0) is 5.56 Å². The van der Waals surface area contributed by atoms with Gasteiger partial charge >= 0.3 is 0 Å². The highest BCUT2D eigenvalue weighted by Gasteiger charge is 2.03. The van der Waals surface area contributed by atoms with Crippen molar-refractivity contribution < 1.29 is 4.79 Å².